The number of hydrogen-bond donors (Lipinski definition) is 1. The fourth-order valence-electron chi connectivity index (χ4n) is 2.37. The molecule has 3 rings (SSSR count). The largest absolute Gasteiger partial charge is 0.434 e. The molecule has 0 fully saturated rings. The zero-order valence-electron chi connectivity index (χ0n) is 14.4. The molecule has 1 aromatic carbocycles. The normalized spacial score (nSPS) is 11.0. The molecule has 138 valence electrons. The van der Waals surface area contributed by atoms with Gasteiger partial charge in [-0.2, -0.15) is 13.2 Å². The first-order valence-electron chi connectivity index (χ1n) is 7.58. The third-order valence-electron chi connectivity index (χ3n) is 3.59. The van der Waals surface area contributed by atoms with Crippen molar-refractivity contribution in [2.75, 3.05) is 13.4 Å². The number of imidazole rings is 1. The Bertz CT molecular complexity index is 861. The highest BCUT2D eigenvalue weighted by Crippen LogP contribution is 2.33. The van der Waals surface area contributed by atoms with Gasteiger partial charge in [0.25, 0.3) is 0 Å². The van der Waals surface area contributed by atoms with Crippen molar-refractivity contribution >= 4 is 11.8 Å². The van der Waals surface area contributed by atoms with Gasteiger partial charge in [0, 0.05) is 41.3 Å². The summed E-state index contributed by atoms with van der Waals surface area (Å²) in [6.07, 6.45) is 0.0631. The zero-order chi connectivity index (χ0) is 19.3. The van der Waals surface area contributed by atoms with E-state index < -0.39 is 11.9 Å². The first-order chi connectivity index (χ1) is 12.4. The molecular weight excluding hydrogens is 363 g/mol. The number of nitrogens with zero attached hydrogens (tertiary/aromatic N) is 3. The molecular formula is C18H18F3N3OS. The number of hydrogen-bond acceptors (Lipinski definition) is 4. The van der Waals surface area contributed by atoms with Crippen molar-refractivity contribution in [3.63, 3.8) is 0 Å². The highest BCUT2D eigenvalue weighted by Gasteiger charge is 2.35. The average Bonchev–Trinajstić information content (AvgIpc) is 3.09. The molecule has 8 heteroatoms. The summed E-state index contributed by atoms with van der Waals surface area (Å²) >= 11 is 1.57. The second-order valence-corrected chi connectivity index (χ2v) is 6.03. The number of aryl methyl sites for hydroxylation is 1. The fourth-order valence-corrected chi connectivity index (χ4v) is 2.78. The predicted octanol–water partition coefficient (Wildman–Crippen LogP) is 4.59. The maximum Gasteiger partial charge on any atom is 0.434 e. The first kappa shape index (κ1) is 20.0. The molecule has 3 aromatic rings. The summed E-state index contributed by atoms with van der Waals surface area (Å²) in [5.41, 5.74) is 0.893. The number of aromatic nitrogens is 3. The van der Waals surface area contributed by atoms with Gasteiger partial charge in [-0.15, -0.1) is 11.8 Å². The van der Waals surface area contributed by atoms with Crippen LogP contribution in [0.15, 0.2) is 53.7 Å². The SMILES string of the molecule is CO.CSc1ccc(-n2cc(C(F)(F)F)nc2-c2cccnc2C)cc1. The van der Waals surface area contributed by atoms with Gasteiger partial charge in [0.05, 0.1) is 0 Å². The number of alkyl halides is 3. The van der Waals surface area contributed by atoms with Crippen molar-refractivity contribution in [1.82, 2.24) is 14.5 Å². The van der Waals surface area contributed by atoms with E-state index in [0.29, 0.717) is 16.9 Å². The molecule has 0 radical (unpaired) electrons. The smallest absolute Gasteiger partial charge is 0.400 e. The number of benzene rings is 1. The lowest BCUT2D eigenvalue weighted by molar-refractivity contribution is -0.140. The lowest BCUT2D eigenvalue weighted by Crippen LogP contribution is -2.05. The van der Waals surface area contributed by atoms with Crippen LogP contribution in [0, 0.1) is 6.92 Å². The average molecular weight is 381 g/mol. The Balaban J connectivity index is 0.00000117. The summed E-state index contributed by atoms with van der Waals surface area (Å²) < 4.78 is 40.9. The Labute approximate surface area is 153 Å². The molecule has 0 saturated carbocycles. The van der Waals surface area contributed by atoms with E-state index in [0.717, 1.165) is 18.2 Å². The van der Waals surface area contributed by atoms with Crippen molar-refractivity contribution in [2.24, 2.45) is 0 Å². The number of halogens is 3. The van der Waals surface area contributed by atoms with Crippen LogP contribution < -0.4 is 0 Å². The number of thioether (sulfide) groups is 1. The molecule has 0 spiro atoms. The lowest BCUT2D eigenvalue weighted by atomic mass is 10.2. The molecule has 0 saturated heterocycles. The highest BCUT2D eigenvalue weighted by molar-refractivity contribution is 7.98. The van der Waals surface area contributed by atoms with Gasteiger partial charge in [0.15, 0.2) is 5.69 Å². The van der Waals surface area contributed by atoms with Gasteiger partial charge in [-0.1, -0.05) is 0 Å². The van der Waals surface area contributed by atoms with E-state index in [-0.39, 0.29) is 5.82 Å². The van der Waals surface area contributed by atoms with E-state index in [9.17, 15) is 13.2 Å². The number of aliphatic hydroxyl groups excluding tert-OH is 1. The maximum absolute atomic E-state index is 13.1. The first-order valence-corrected chi connectivity index (χ1v) is 8.80. The molecule has 1 N–H and O–H groups in total. The monoisotopic (exact) mass is 381 g/mol. The summed E-state index contributed by atoms with van der Waals surface area (Å²) in [7, 11) is 1.00. The van der Waals surface area contributed by atoms with Gasteiger partial charge in [-0.05, 0) is 49.6 Å². The van der Waals surface area contributed by atoms with E-state index in [4.69, 9.17) is 5.11 Å². The van der Waals surface area contributed by atoms with E-state index in [1.807, 2.05) is 18.4 Å². The molecule has 0 aliphatic rings. The minimum absolute atomic E-state index is 0.227. The van der Waals surface area contributed by atoms with E-state index in [1.54, 1.807) is 49.1 Å². The quantitative estimate of drug-likeness (QED) is 0.674. The van der Waals surface area contributed by atoms with Crippen LogP contribution in [0.2, 0.25) is 0 Å². The van der Waals surface area contributed by atoms with Crippen LogP contribution >= 0.6 is 11.8 Å². The van der Waals surface area contributed by atoms with Crippen molar-refractivity contribution in [1.29, 1.82) is 0 Å². The molecule has 2 heterocycles. The molecule has 2 aromatic heterocycles. The van der Waals surface area contributed by atoms with Crippen LogP contribution in [0.1, 0.15) is 11.4 Å². The van der Waals surface area contributed by atoms with Crippen molar-refractivity contribution < 1.29 is 18.3 Å². The Kier molecular flexibility index (Phi) is 6.44. The zero-order valence-corrected chi connectivity index (χ0v) is 15.3. The Morgan fingerprint density at radius 1 is 1.08 bits per heavy atom. The molecule has 0 aliphatic heterocycles. The summed E-state index contributed by atoms with van der Waals surface area (Å²) in [5.74, 6) is 0.227. The van der Waals surface area contributed by atoms with Gasteiger partial charge in [0.1, 0.15) is 5.82 Å². The van der Waals surface area contributed by atoms with E-state index in [2.05, 4.69) is 9.97 Å². The fraction of sp³-hybridized carbons (Fsp3) is 0.222. The number of rotatable bonds is 3. The van der Waals surface area contributed by atoms with Crippen LogP contribution in [0.4, 0.5) is 13.2 Å². The van der Waals surface area contributed by atoms with Gasteiger partial charge in [0.2, 0.25) is 0 Å². The predicted molar refractivity (Wildman–Crippen MR) is 96.5 cm³/mol. The summed E-state index contributed by atoms with van der Waals surface area (Å²) in [5, 5.41) is 7.00. The van der Waals surface area contributed by atoms with Crippen LogP contribution in [0.5, 0.6) is 0 Å². The molecule has 0 unspecified atom stereocenters. The second kappa shape index (κ2) is 8.37. The van der Waals surface area contributed by atoms with Gasteiger partial charge in [-0.3, -0.25) is 9.55 Å². The van der Waals surface area contributed by atoms with Crippen LogP contribution in [0.3, 0.4) is 0 Å². The molecule has 0 aliphatic carbocycles. The highest BCUT2D eigenvalue weighted by atomic mass is 32.2. The van der Waals surface area contributed by atoms with Crippen molar-refractivity contribution in [2.45, 2.75) is 18.0 Å². The van der Waals surface area contributed by atoms with E-state index >= 15 is 0 Å². The van der Waals surface area contributed by atoms with Crippen molar-refractivity contribution in [3.05, 3.63) is 60.2 Å². The maximum atomic E-state index is 13.1. The molecule has 0 amide bonds. The number of aliphatic hydroxyl groups is 1. The third-order valence-corrected chi connectivity index (χ3v) is 4.34. The van der Waals surface area contributed by atoms with E-state index in [1.165, 1.54) is 4.57 Å². The van der Waals surface area contributed by atoms with Crippen LogP contribution in [-0.2, 0) is 6.18 Å². The van der Waals surface area contributed by atoms with Gasteiger partial charge < -0.3 is 5.11 Å². The molecule has 0 atom stereocenters. The standard InChI is InChI=1S/C17H14F3N3S.CH4O/c1-11-14(4-3-9-21-11)16-22-15(17(18,19)20)10-23(16)12-5-7-13(24-2)8-6-12;1-2/h3-10H,1-2H3;2H,1H3. The topological polar surface area (TPSA) is 50.9 Å². The molecule has 4 nitrogen and oxygen atoms in total. The Morgan fingerprint density at radius 2 is 1.73 bits per heavy atom. The summed E-state index contributed by atoms with van der Waals surface area (Å²) in [6.45, 7) is 1.75. The minimum Gasteiger partial charge on any atom is -0.400 e. The second-order valence-electron chi connectivity index (χ2n) is 5.15. The van der Waals surface area contributed by atoms with Crippen LogP contribution in [0.25, 0.3) is 17.1 Å². The summed E-state index contributed by atoms with van der Waals surface area (Å²) in [4.78, 5) is 9.01. The Morgan fingerprint density at radius 3 is 2.27 bits per heavy atom. The summed E-state index contributed by atoms with van der Waals surface area (Å²) in [6, 6.07) is 10.7. The molecule has 0 bridgehead atoms. The van der Waals surface area contributed by atoms with Crippen LogP contribution in [-0.4, -0.2) is 33.0 Å². The minimum atomic E-state index is -4.50. The van der Waals surface area contributed by atoms with Crippen molar-refractivity contribution in [3.8, 4) is 17.1 Å². The third kappa shape index (κ3) is 4.25. The van der Waals surface area contributed by atoms with Gasteiger partial charge >= 0.3 is 6.18 Å². The lowest BCUT2D eigenvalue weighted by Gasteiger charge is -2.09. The Hall–Kier alpha value is -2.32. The molecule has 26 heavy (non-hydrogen) atoms. The van der Waals surface area contributed by atoms with Gasteiger partial charge in [-0.25, -0.2) is 4.98 Å². The number of pyridine rings is 1.